The van der Waals surface area contributed by atoms with Crippen molar-refractivity contribution in [2.45, 2.75) is 63.5 Å². The molecule has 0 radical (unpaired) electrons. The first kappa shape index (κ1) is 19.9. The molecule has 1 N–H and O–H groups in total. The number of likely N-dealkylation sites (tertiary alicyclic amines) is 1. The molecule has 8 heteroatoms. The van der Waals surface area contributed by atoms with Gasteiger partial charge in [0.05, 0.1) is 24.4 Å². The summed E-state index contributed by atoms with van der Waals surface area (Å²) in [5.41, 5.74) is 1.07. The van der Waals surface area contributed by atoms with E-state index in [9.17, 15) is 13.6 Å². The van der Waals surface area contributed by atoms with E-state index in [1.807, 2.05) is 36.0 Å². The number of alkyl halides is 2. The van der Waals surface area contributed by atoms with Crippen LogP contribution in [0.5, 0.6) is 5.75 Å². The van der Waals surface area contributed by atoms with E-state index in [0.29, 0.717) is 32.5 Å². The van der Waals surface area contributed by atoms with Crippen LogP contribution >= 0.6 is 0 Å². The minimum absolute atomic E-state index is 0.134. The predicted molar refractivity (Wildman–Crippen MR) is 106 cm³/mol. The molecule has 1 aromatic carbocycles. The summed E-state index contributed by atoms with van der Waals surface area (Å²) in [5, 5.41) is 8.56. The van der Waals surface area contributed by atoms with Gasteiger partial charge in [-0.15, -0.1) is 0 Å². The van der Waals surface area contributed by atoms with E-state index >= 15 is 0 Å². The number of halogens is 2. The molecule has 2 fully saturated rings. The lowest BCUT2D eigenvalue weighted by molar-refractivity contribution is -0.0398. The number of nitrogens with one attached hydrogen (secondary N) is 1. The molecule has 1 saturated carbocycles. The van der Waals surface area contributed by atoms with E-state index in [4.69, 9.17) is 4.74 Å². The van der Waals surface area contributed by atoms with Crippen molar-refractivity contribution < 1.29 is 18.3 Å². The van der Waals surface area contributed by atoms with Crippen LogP contribution in [-0.4, -0.2) is 52.4 Å². The number of piperidine rings is 1. The van der Waals surface area contributed by atoms with Gasteiger partial charge in [0.2, 0.25) is 5.92 Å². The summed E-state index contributed by atoms with van der Waals surface area (Å²) >= 11 is 0. The van der Waals surface area contributed by atoms with Gasteiger partial charge in [0.25, 0.3) is 0 Å². The minimum atomic E-state index is -2.57. The van der Waals surface area contributed by atoms with Gasteiger partial charge in [0.1, 0.15) is 5.75 Å². The Balaban J connectivity index is 1.32. The third-order valence-electron chi connectivity index (χ3n) is 6.02. The third kappa shape index (κ3) is 4.46. The lowest BCUT2D eigenvalue weighted by Crippen LogP contribution is -2.49. The molecular formula is C21H28F2N4O2. The number of fused-ring (bicyclic) bond motifs is 1. The van der Waals surface area contributed by atoms with Gasteiger partial charge in [0.15, 0.2) is 0 Å². The van der Waals surface area contributed by atoms with Crippen molar-refractivity contribution in [2.24, 2.45) is 0 Å². The van der Waals surface area contributed by atoms with Gasteiger partial charge in [-0.25, -0.2) is 13.6 Å². The number of rotatable bonds is 4. The maximum Gasteiger partial charge on any atom is 0.317 e. The molecule has 4 rings (SSSR count). The molecular weight excluding hydrogens is 378 g/mol. The zero-order valence-corrected chi connectivity index (χ0v) is 16.7. The second kappa shape index (κ2) is 8.16. The summed E-state index contributed by atoms with van der Waals surface area (Å²) in [6.07, 6.45) is 3.90. The number of ether oxygens (including phenoxy) is 1. The number of urea groups is 1. The molecule has 0 spiro atoms. The molecule has 2 heterocycles. The number of benzene rings is 1. The summed E-state index contributed by atoms with van der Waals surface area (Å²) in [4.78, 5) is 14.3. The molecule has 0 atom stereocenters. The second-order valence-electron chi connectivity index (χ2n) is 8.04. The SMILES string of the molecule is CCOc1ccc2c(cnn2C2CCN(C(=O)NC3CCC(F)(F)CC3)CC2)c1. The van der Waals surface area contributed by atoms with Crippen molar-refractivity contribution in [3.05, 3.63) is 24.4 Å². The Morgan fingerprint density at radius 3 is 2.66 bits per heavy atom. The van der Waals surface area contributed by atoms with Crippen LogP contribution in [0.15, 0.2) is 24.4 Å². The molecule has 2 aliphatic rings. The van der Waals surface area contributed by atoms with Crippen LogP contribution in [0, 0.1) is 0 Å². The van der Waals surface area contributed by atoms with Gasteiger partial charge in [0, 0.05) is 37.4 Å². The fourth-order valence-electron chi connectivity index (χ4n) is 4.34. The molecule has 1 aromatic heterocycles. The number of carbonyl (C=O) groups is 1. The summed E-state index contributed by atoms with van der Waals surface area (Å²) in [7, 11) is 0. The average Bonchev–Trinajstić information content (AvgIpc) is 3.13. The number of hydrogen-bond acceptors (Lipinski definition) is 3. The van der Waals surface area contributed by atoms with Crippen molar-refractivity contribution >= 4 is 16.9 Å². The largest absolute Gasteiger partial charge is 0.494 e. The highest BCUT2D eigenvalue weighted by Crippen LogP contribution is 2.33. The van der Waals surface area contributed by atoms with Crippen LogP contribution in [0.25, 0.3) is 10.9 Å². The Labute approximate surface area is 169 Å². The Kier molecular flexibility index (Phi) is 5.61. The Bertz CT molecular complexity index is 851. The maximum absolute atomic E-state index is 13.3. The summed E-state index contributed by atoms with van der Waals surface area (Å²) in [6, 6.07) is 5.95. The van der Waals surface area contributed by atoms with Crippen LogP contribution in [0.4, 0.5) is 13.6 Å². The second-order valence-corrected chi connectivity index (χ2v) is 8.04. The van der Waals surface area contributed by atoms with Crippen LogP contribution in [0.1, 0.15) is 51.5 Å². The first-order chi connectivity index (χ1) is 13.9. The van der Waals surface area contributed by atoms with Crippen LogP contribution in [-0.2, 0) is 0 Å². The van der Waals surface area contributed by atoms with Crippen molar-refractivity contribution in [1.29, 1.82) is 0 Å². The smallest absolute Gasteiger partial charge is 0.317 e. The highest BCUT2D eigenvalue weighted by atomic mass is 19.3. The van der Waals surface area contributed by atoms with Gasteiger partial charge < -0.3 is 15.0 Å². The van der Waals surface area contributed by atoms with E-state index in [1.165, 1.54) is 0 Å². The van der Waals surface area contributed by atoms with E-state index in [2.05, 4.69) is 10.4 Å². The summed E-state index contributed by atoms with van der Waals surface area (Å²) < 4.78 is 34.2. The number of carbonyl (C=O) groups excluding carboxylic acids is 1. The normalized spacial score (nSPS) is 20.7. The minimum Gasteiger partial charge on any atom is -0.494 e. The monoisotopic (exact) mass is 406 g/mol. The van der Waals surface area contributed by atoms with Crippen molar-refractivity contribution in [2.75, 3.05) is 19.7 Å². The maximum atomic E-state index is 13.3. The Morgan fingerprint density at radius 1 is 1.24 bits per heavy atom. The zero-order chi connectivity index (χ0) is 20.4. The first-order valence-corrected chi connectivity index (χ1v) is 10.5. The number of nitrogens with zero attached hydrogens (tertiary/aromatic N) is 3. The van der Waals surface area contributed by atoms with Gasteiger partial charge >= 0.3 is 6.03 Å². The van der Waals surface area contributed by atoms with E-state index < -0.39 is 5.92 Å². The Hall–Kier alpha value is -2.38. The van der Waals surface area contributed by atoms with E-state index in [0.717, 1.165) is 29.5 Å². The summed E-state index contributed by atoms with van der Waals surface area (Å²) in [5.74, 6) is -1.73. The topological polar surface area (TPSA) is 59.4 Å². The van der Waals surface area contributed by atoms with Crippen molar-refractivity contribution in [3.8, 4) is 5.75 Å². The molecule has 1 aliphatic carbocycles. The Morgan fingerprint density at radius 2 is 1.97 bits per heavy atom. The highest BCUT2D eigenvalue weighted by molar-refractivity contribution is 5.80. The molecule has 2 amide bonds. The molecule has 6 nitrogen and oxygen atoms in total. The first-order valence-electron chi connectivity index (χ1n) is 10.5. The lowest BCUT2D eigenvalue weighted by atomic mass is 9.92. The predicted octanol–water partition coefficient (Wildman–Crippen LogP) is 4.36. The zero-order valence-electron chi connectivity index (χ0n) is 16.7. The van der Waals surface area contributed by atoms with Crippen LogP contribution in [0.2, 0.25) is 0 Å². The number of amides is 2. The number of hydrogen-bond donors (Lipinski definition) is 1. The van der Waals surface area contributed by atoms with Crippen LogP contribution in [0.3, 0.4) is 0 Å². The average molecular weight is 406 g/mol. The molecule has 0 bridgehead atoms. The molecule has 158 valence electrons. The van der Waals surface area contributed by atoms with Gasteiger partial charge in [-0.05, 0) is 50.8 Å². The van der Waals surface area contributed by atoms with Crippen molar-refractivity contribution in [1.82, 2.24) is 20.0 Å². The fraction of sp³-hybridized carbons (Fsp3) is 0.619. The number of aromatic nitrogens is 2. The standard InChI is InChI=1S/C21H28F2N4O2/c1-2-29-18-3-4-19-15(13-18)14-24-27(19)17-7-11-26(12-8-17)20(28)25-16-5-9-21(22,23)10-6-16/h3-4,13-14,16-17H,2,5-12H2,1H3,(H,25,28). The highest BCUT2D eigenvalue weighted by Gasteiger charge is 2.36. The van der Waals surface area contributed by atoms with Gasteiger partial charge in [-0.3, -0.25) is 4.68 Å². The lowest BCUT2D eigenvalue weighted by Gasteiger charge is -2.35. The van der Waals surface area contributed by atoms with Crippen molar-refractivity contribution in [3.63, 3.8) is 0 Å². The van der Waals surface area contributed by atoms with Crippen LogP contribution < -0.4 is 10.1 Å². The molecule has 0 unspecified atom stereocenters. The third-order valence-corrected chi connectivity index (χ3v) is 6.02. The van der Waals surface area contributed by atoms with Gasteiger partial charge in [-0.1, -0.05) is 0 Å². The van der Waals surface area contributed by atoms with Gasteiger partial charge in [-0.2, -0.15) is 5.10 Å². The fourth-order valence-corrected chi connectivity index (χ4v) is 4.34. The molecule has 1 aliphatic heterocycles. The quantitative estimate of drug-likeness (QED) is 0.821. The summed E-state index contributed by atoms with van der Waals surface area (Å²) in [6.45, 7) is 3.86. The van der Waals surface area contributed by atoms with E-state index in [-0.39, 0.29) is 31.0 Å². The molecule has 1 saturated heterocycles. The molecule has 29 heavy (non-hydrogen) atoms. The molecule has 2 aromatic rings. The van der Waals surface area contributed by atoms with E-state index in [1.54, 1.807) is 4.90 Å².